The Morgan fingerprint density at radius 1 is 0.950 bits per heavy atom. The molecule has 0 saturated carbocycles. The lowest BCUT2D eigenvalue weighted by atomic mass is 9.87. The zero-order valence-electron chi connectivity index (χ0n) is 10.8. The lowest BCUT2D eigenvalue weighted by Gasteiger charge is -2.23. The topological polar surface area (TPSA) is 27.8 Å². The van der Waals surface area contributed by atoms with Gasteiger partial charge >= 0.3 is 0 Å². The van der Waals surface area contributed by atoms with Crippen molar-refractivity contribution in [1.82, 2.24) is 10.3 Å². The number of rotatable bonds is 1. The second kappa shape index (κ2) is 5.76. The summed E-state index contributed by atoms with van der Waals surface area (Å²) in [6.07, 6.45) is 2.19. The number of hydrogen-bond donors (Lipinski definition) is 6. The van der Waals surface area contributed by atoms with Crippen LogP contribution in [0.2, 0.25) is 0 Å². The van der Waals surface area contributed by atoms with Gasteiger partial charge in [-0.25, -0.2) is 0 Å². The van der Waals surface area contributed by atoms with Crippen molar-refractivity contribution in [3.05, 3.63) is 5.56 Å². The van der Waals surface area contributed by atoms with E-state index in [1.807, 2.05) is 0 Å². The van der Waals surface area contributed by atoms with E-state index >= 15 is 0 Å². The molecule has 0 unspecified atom stereocenters. The van der Waals surface area contributed by atoms with Crippen molar-refractivity contribution in [2.24, 2.45) is 0 Å². The molecule has 0 aliphatic carbocycles. The SMILES string of the molecule is [B]c1c(S)c(S)c(S)c2c(C3CCNCC3)c(S)[nH]c12. The normalized spacial score (nSPS) is 17.0. The third kappa shape index (κ3) is 2.31. The number of aromatic nitrogens is 1. The van der Waals surface area contributed by atoms with Crippen LogP contribution in [0.25, 0.3) is 10.9 Å². The van der Waals surface area contributed by atoms with Gasteiger partial charge in [0.1, 0.15) is 7.85 Å². The van der Waals surface area contributed by atoms with Gasteiger partial charge in [-0.1, -0.05) is 5.46 Å². The van der Waals surface area contributed by atoms with Crippen LogP contribution >= 0.6 is 50.5 Å². The van der Waals surface area contributed by atoms with Crippen molar-refractivity contribution < 1.29 is 0 Å². The van der Waals surface area contributed by atoms with Gasteiger partial charge in [-0.2, -0.15) is 0 Å². The van der Waals surface area contributed by atoms with Gasteiger partial charge in [0.05, 0.1) is 5.03 Å². The van der Waals surface area contributed by atoms with Crippen LogP contribution < -0.4 is 10.8 Å². The van der Waals surface area contributed by atoms with E-state index in [-0.39, 0.29) is 0 Å². The first-order valence-electron chi connectivity index (χ1n) is 6.50. The molecule has 104 valence electrons. The predicted octanol–water partition coefficient (Wildman–Crippen LogP) is 2.58. The summed E-state index contributed by atoms with van der Waals surface area (Å²) in [4.78, 5) is 5.51. The first kappa shape index (κ1) is 15.1. The molecule has 3 rings (SSSR count). The third-order valence-electron chi connectivity index (χ3n) is 3.98. The van der Waals surface area contributed by atoms with E-state index in [9.17, 15) is 0 Å². The molecule has 0 bridgehead atoms. The van der Waals surface area contributed by atoms with Crippen LogP contribution in [0.4, 0.5) is 0 Å². The average molecular weight is 338 g/mol. The summed E-state index contributed by atoms with van der Waals surface area (Å²) in [6, 6.07) is 0. The highest BCUT2D eigenvalue weighted by molar-refractivity contribution is 7.85. The second-order valence-corrected chi connectivity index (χ2v) is 6.91. The molecule has 2 radical (unpaired) electrons. The van der Waals surface area contributed by atoms with Gasteiger partial charge in [-0.15, -0.1) is 50.5 Å². The van der Waals surface area contributed by atoms with Gasteiger partial charge in [0, 0.05) is 25.6 Å². The van der Waals surface area contributed by atoms with Crippen molar-refractivity contribution in [3.8, 4) is 0 Å². The van der Waals surface area contributed by atoms with Crippen LogP contribution in [0.5, 0.6) is 0 Å². The van der Waals surface area contributed by atoms with E-state index in [1.54, 1.807) is 0 Å². The number of H-pyrrole nitrogens is 1. The van der Waals surface area contributed by atoms with Crippen LogP contribution in [-0.2, 0) is 0 Å². The number of piperidine rings is 1. The number of aromatic amines is 1. The van der Waals surface area contributed by atoms with Crippen molar-refractivity contribution in [3.63, 3.8) is 0 Å². The molecular weight excluding hydrogens is 323 g/mol. The number of hydrogen-bond acceptors (Lipinski definition) is 5. The van der Waals surface area contributed by atoms with E-state index in [2.05, 4.69) is 60.8 Å². The van der Waals surface area contributed by atoms with Crippen LogP contribution in [0.3, 0.4) is 0 Å². The molecule has 0 spiro atoms. The molecule has 1 aliphatic rings. The highest BCUT2D eigenvalue weighted by Gasteiger charge is 2.25. The Balaban J connectivity index is 2.29. The zero-order chi connectivity index (χ0) is 14.4. The van der Waals surface area contributed by atoms with E-state index in [1.165, 1.54) is 5.56 Å². The summed E-state index contributed by atoms with van der Waals surface area (Å²) in [6.45, 7) is 2.06. The second-order valence-electron chi connectivity index (χ2n) is 5.12. The molecule has 0 amide bonds. The van der Waals surface area contributed by atoms with Crippen molar-refractivity contribution in [2.75, 3.05) is 13.1 Å². The van der Waals surface area contributed by atoms with Crippen LogP contribution in [-0.4, -0.2) is 25.9 Å². The Labute approximate surface area is 141 Å². The zero-order valence-corrected chi connectivity index (χ0v) is 14.3. The molecule has 1 aromatic heterocycles. The average Bonchev–Trinajstić information content (AvgIpc) is 2.81. The quantitative estimate of drug-likeness (QED) is 0.350. The molecule has 2 heterocycles. The molecule has 1 saturated heterocycles. The number of fused-ring (bicyclic) bond motifs is 1. The molecule has 0 atom stereocenters. The van der Waals surface area contributed by atoms with Gasteiger partial charge in [0.25, 0.3) is 0 Å². The van der Waals surface area contributed by atoms with Gasteiger partial charge in [-0.05, 0) is 37.4 Å². The standard InChI is InChI=1S/C13H15BN2S4/c14-8-9-7(10(17)12(19)11(8)18)6(13(20)16-9)5-1-3-15-4-2-5/h5,15-20H,1-4H2. The molecular formula is C13H15BN2S4. The van der Waals surface area contributed by atoms with Gasteiger partial charge < -0.3 is 10.3 Å². The maximum absolute atomic E-state index is 6.16. The summed E-state index contributed by atoms with van der Waals surface area (Å²) >= 11 is 18.2. The number of nitrogens with one attached hydrogen (secondary N) is 2. The van der Waals surface area contributed by atoms with Crippen molar-refractivity contribution in [1.29, 1.82) is 0 Å². The highest BCUT2D eigenvalue weighted by atomic mass is 32.1. The smallest absolute Gasteiger partial charge is 0.118 e. The molecule has 2 N–H and O–H groups in total. The van der Waals surface area contributed by atoms with Gasteiger partial charge in [-0.3, -0.25) is 0 Å². The fourth-order valence-electron chi connectivity index (χ4n) is 2.93. The lowest BCUT2D eigenvalue weighted by Crippen LogP contribution is -2.26. The largest absolute Gasteiger partial charge is 0.350 e. The molecule has 1 fully saturated rings. The minimum absolute atomic E-state index is 0.473. The van der Waals surface area contributed by atoms with Crippen LogP contribution in [0.15, 0.2) is 19.7 Å². The van der Waals surface area contributed by atoms with E-state index in [0.29, 0.717) is 16.3 Å². The van der Waals surface area contributed by atoms with Crippen molar-refractivity contribution in [2.45, 2.75) is 38.5 Å². The molecule has 2 nitrogen and oxygen atoms in total. The summed E-state index contributed by atoms with van der Waals surface area (Å²) in [7, 11) is 6.16. The Hall–Kier alpha value is 0.185. The fourth-order valence-corrected chi connectivity index (χ4v) is 4.23. The maximum Gasteiger partial charge on any atom is 0.118 e. The van der Waals surface area contributed by atoms with Crippen LogP contribution in [0.1, 0.15) is 24.3 Å². The fraction of sp³-hybridized carbons (Fsp3) is 0.385. The summed E-state index contributed by atoms with van der Waals surface area (Å²) in [5.41, 5.74) is 2.70. The Morgan fingerprint density at radius 2 is 1.60 bits per heavy atom. The molecule has 2 aromatic rings. The minimum atomic E-state index is 0.473. The van der Waals surface area contributed by atoms with E-state index in [4.69, 9.17) is 7.85 Å². The summed E-state index contributed by atoms with van der Waals surface area (Å²) in [5.74, 6) is 0.473. The van der Waals surface area contributed by atoms with Crippen LogP contribution in [0, 0.1) is 0 Å². The molecule has 20 heavy (non-hydrogen) atoms. The highest BCUT2D eigenvalue weighted by Crippen LogP contribution is 2.41. The molecule has 7 heteroatoms. The van der Waals surface area contributed by atoms with E-state index in [0.717, 1.165) is 51.7 Å². The first-order chi connectivity index (χ1) is 9.52. The van der Waals surface area contributed by atoms with Gasteiger partial charge in [0.2, 0.25) is 0 Å². The Kier molecular flexibility index (Phi) is 4.35. The Bertz CT molecular complexity index is 677. The predicted molar refractivity (Wildman–Crippen MR) is 97.5 cm³/mol. The maximum atomic E-state index is 6.16. The third-order valence-corrected chi connectivity index (χ3v) is 6.04. The summed E-state index contributed by atoms with van der Waals surface area (Å²) in [5, 5.41) is 5.31. The Morgan fingerprint density at radius 3 is 2.25 bits per heavy atom. The minimum Gasteiger partial charge on any atom is -0.350 e. The lowest BCUT2D eigenvalue weighted by molar-refractivity contribution is 0.458. The first-order valence-corrected chi connectivity index (χ1v) is 8.28. The monoisotopic (exact) mass is 338 g/mol. The number of thiol groups is 4. The van der Waals surface area contributed by atoms with Gasteiger partial charge in [0.15, 0.2) is 0 Å². The van der Waals surface area contributed by atoms with E-state index < -0.39 is 0 Å². The molecule has 1 aliphatic heterocycles. The number of benzene rings is 1. The van der Waals surface area contributed by atoms with Crippen molar-refractivity contribution >= 4 is 74.7 Å². The summed E-state index contributed by atoms with van der Waals surface area (Å²) < 4.78 is 0. The molecule has 1 aromatic carbocycles.